The summed E-state index contributed by atoms with van der Waals surface area (Å²) in [5, 5.41) is 18.2. The maximum Gasteiger partial charge on any atom is 0.416 e. The van der Waals surface area contributed by atoms with Crippen molar-refractivity contribution in [1.82, 2.24) is 0 Å². The first kappa shape index (κ1) is 16.9. The van der Waals surface area contributed by atoms with E-state index in [0.717, 1.165) is 23.9 Å². The van der Waals surface area contributed by atoms with Gasteiger partial charge in [0, 0.05) is 9.79 Å². The van der Waals surface area contributed by atoms with Gasteiger partial charge in [-0.25, -0.2) is 9.59 Å². The van der Waals surface area contributed by atoms with Crippen LogP contribution in [0.2, 0.25) is 0 Å². The summed E-state index contributed by atoms with van der Waals surface area (Å²) in [7, 11) is 0. The number of alkyl halides is 3. The zero-order valence-electron chi connectivity index (χ0n) is 11.3. The van der Waals surface area contributed by atoms with Gasteiger partial charge >= 0.3 is 18.1 Å². The molecule has 0 unspecified atom stereocenters. The summed E-state index contributed by atoms with van der Waals surface area (Å²) in [5.41, 5.74) is -1.68. The number of carbonyl (C=O) groups is 2. The van der Waals surface area contributed by atoms with Crippen molar-refractivity contribution in [2.45, 2.75) is 16.0 Å². The molecule has 0 atom stereocenters. The molecule has 23 heavy (non-hydrogen) atoms. The van der Waals surface area contributed by atoms with Gasteiger partial charge in [0.1, 0.15) is 0 Å². The van der Waals surface area contributed by atoms with Crippen LogP contribution in [0.4, 0.5) is 13.2 Å². The monoisotopic (exact) mass is 342 g/mol. The van der Waals surface area contributed by atoms with Crippen LogP contribution >= 0.6 is 11.8 Å². The van der Waals surface area contributed by atoms with Gasteiger partial charge in [0.05, 0.1) is 16.7 Å². The SMILES string of the molecule is O=C(O)c1ccccc1Sc1ccc(C(F)(F)F)cc1C(=O)O. The second-order valence-electron chi connectivity index (χ2n) is 4.42. The number of aromatic carboxylic acids is 2. The predicted octanol–water partition coefficient (Wildman–Crippen LogP) is 4.25. The molecule has 0 aliphatic rings. The average Bonchev–Trinajstić information content (AvgIpc) is 2.46. The van der Waals surface area contributed by atoms with Crippen LogP contribution in [0.3, 0.4) is 0 Å². The molecule has 0 saturated carbocycles. The molecule has 8 heteroatoms. The van der Waals surface area contributed by atoms with Crippen LogP contribution in [0.5, 0.6) is 0 Å². The minimum Gasteiger partial charge on any atom is -0.478 e. The standard InChI is InChI=1S/C15H9F3O4S/c16-15(17,18)8-5-6-12(10(7-8)14(21)22)23-11-4-2-1-3-9(11)13(19)20/h1-7H,(H,19,20)(H,21,22). The van der Waals surface area contributed by atoms with Crippen LogP contribution in [0, 0.1) is 0 Å². The van der Waals surface area contributed by atoms with E-state index >= 15 is 0 Å². The molecule has 0 bridgehead atoms. The van der Waals surface area contributed by atoms with Crippen molar-refractivity contribution in [3.8, 4) is 0 Å². The van der Waals surface area contributed by atoms with Crippen LogP contribution in [0.15, 0.2) is 52.3 Å². The molecule has 0 amide bonds. The second-order valence-corrected chi connectivity index (χ2v) is 5.50. The van der Waals surface area contributed by atoms with E-state index in [4.69, 9.17) is 10.2 Å². The third-order valence-corrected chi connectivity index (χ3v) is 4.03. The second kappa shape index (κ2) is 6.33. The van der Waals surface area contributed by atoms with Gasteiger partial charge < -0.3 is 10.2 Å². The normalized spacial score (nSPS) is 11.3. The molecule has 4 nitrogen and oxygen atoms in total. The van der Waals surface area contributed by atoms with Crippen molar-refractivity contribution in [3.63, 3.8) is 0 Å². The highest BCUT2D eigenvalue weighted by atomic mass is 32.2. The minimum absolute atomic E-state index is 0.0270. The lowest BCUT2D eigenvalue weighted by Crippen LogP contribution is -2.08. The molecular formula is C15H9F3O4S. The Kier molecular flexibility index (Phi) is 4.65. The van der Waals surface area contributed by atoms with E-state index in [1.807, 2.05) is 0 Å². The summed E-state index contributed by atoms with van der Waals surface area (Å²) in [6.45, 7) is 0. The van der Waals surface area contributed by atoms with Gasteiger partial charge in [-0.3, -0.25) is 0 Å². The zero-order valence-corrected chi connectivity index (χ0v) is 12.1. The Hall–Kier alpha value is -2.48. The number of hydrogen-bond donors (Lipinski definition) is 2. The molecule has 2 rings (SSSR count). The van der Waals surface area contributed by atoms with Crippen LogP contribution < -0.4 is 0 Å². The third kappa shape index (κ3) is 3.84. The summed E-state index contributed by atoms with van der Waals surface area (Å²) in [6.07, 6.45) is -4.66. The summed E-state index contributed by atoms with van der Waals surface area (Å²) in [6, 6.07) is 8.16. The Morgan fingerprint density at radius 1 is 0.870 bits per heavy atom. The number of benzene rings is 2. The van der Waals surface area contributed by atoms with Gasteiger partial charge in [0.25, 0.3) is 0 Å². The molecule has 0 aliphatic carbocycles. The van der Waals surface area contributed by atoms with Crippen LogP contribution in [-0.4, -0.2) is 22.2 Å². The lowest BCUT2D eigenvalue weighted by molar-refractivity contribution is -0.137. The van der Waals surface area contributed by atoms with Crippen molar-refractivity contribution in [2.24, 2.45) is 0 Å². The minimum atomic E-state index is -4.66. The summed E-state index contributed by atoms with van der Waals surface area (Å²) >= 11 is 0.788. The first-order chi connectivity index (χ1) is 10.7. The number of hydrogen-bond acceptors (Lipinski definition) is 3. The molecular weight excluding hydrogens is 333 g/mol. The Balaban J connectivity index is 2.49. The maximum atomic E-state index is 12.7. The predicted molar refractivity (Wildman–Crippen MR) is 75.9 cm³/mol. The van der Waals surface area contributed by atoms with Gasteiger partial charge in [-0.05, 0) is 30.3 Å². The maximum absolute atomic E-state index is 12.7. The Labute approximate surface area is 132 Å². The highest BCUT2D eigenvalue weighted by Gasteiger charge is 2.32. The smallest absolute Gasteiger partial charge is 0.416 e. The fourth-order valence-electron chi connectivity index (χ4n) is 1.81. The van der Waals surface area contributed by atoms with E-state index in [-0.39, 0.29) is 15.4 Å². The molecule has 2 aromatic carbocycles. The lowest BCUT2D eigenvalue weighted by Gasteiger charge is -2.12. The topological polar surface area (TPSA) is 74.6 Å². The molecule has 120 valence electrons. The van der Waals surface area contributed by atoms with E-state index in [0.29, 0.717) is 6.07 Å². The van der Waals surface area contributed by atoms with E-state index in [9.17, 15) is 22.8 Å². The Morgan fingerprint density at radius 2 is 1.43 bits per heavy atom. The Bertz CT molecular complexity index is 772. The van der Waals surface area contributed by atoms with E-state index in [1.165, 1.54) is 18.2 Å². The summed E-state index contributed by atoms with van der Waals surface area (Å²) < 4.78 is 38.0. The molecule has 0 spiro atoms. The molecule has 2 N–H and O–H groups in total. The summed E-state index contributed by atoms with van der Waals surface area (Å²) in [4.78, 5) is 22.6. The van der Waals surface area contributed by atoms with Gasteiger partial charge in [-0.2, -0.15) is 13.2 Å². The fourth-order valence-corrected chi connectivity index (χ4v) is 2.85. The molecule has 0 aliphatic heterocycles. The molecule has 0 radical (unpaired) electrons. The van der Waals surface area contributed by atoms with Crippen molar-refractivity contribution < 1.29 is 33.0 Å². The molecule has 2 aromatic rings. The molecule has 0 aromatic heterocycles. The number of carboxylic acids is 2. The molecule has 0 fully saturated rings. The highest BCUT2D eigenvalue weighted by Crippen LogP contribution is 2.36. The fraction of sp³-hybridized carbons (Fsp3) is 0.0667. The highest BCUT2D eigenvalue weighted by molar-refractivity contribution is 7.99. The van der Waals surface area contributed by atoms with E-state index in [2.05, 4.69) is 0 Å². The van der Waals surface area contributed by atoms with Gasteiger partial charge in [0.2, 0.25) is 0 Å². The van der Waals surface area contributed by atoms with Gasteiger partial charge in [-0.1, -0.05) is 23.9 Å². The van der Waals surface area contributed by atoms with Crippen molar-refractivity contribution in [1.29, 1.82) is 0 Å². The lowest BCUT2D eigenvalue weighted by atomic mass is 10.1. The van der Waals surface area contributed by atoms with Crippen LogP contribution in [0.1, 0.15) is 26.3 Å². The number of carboxylic acid groups (broad SMARTS) is 2. The number of rotatable bonds is 4. The zero-order chi connectivity index (χ0) is 17.2. The van der Waals surface area contributed by atoms with Crippen molar-refractivity contribution in [2.75, 3.05) is 0 Å². The van der Waals surface area contributed by atoms with Crippen LogP contribution in [-0.2, 0) is 6.18 Å². The third-order valence-electron chi connectivity index (χ3n) is 2.87. The van der Waals surface area contributed by atoms with Crippen LogP contribution in [0.25, 0.3) is 0 Å². The van der Waals surface area contributed by atoms with Crippen molar-refractivity contribution in [3.05, 3.63) is 59.2 Å². The average molecular weight is 342 g/mol. The van der Waals surface area contributed by atoms with E-state index < -0.39 is 29.2 Å². The summed E-state index contributed by atoms with van der Waals surface area (Å²) in [5.74, 6) is -2.73. The van der Waals surface area contributed by atoms with Gasteiger partial charge in [-0.15, -0.1) is 0 Å². The number of halogens is 3. The largest absolute Gasteiger partial charge is 0.478 e. The van der Waals surface area contributed by atoms with Crippen molar-refractivity contribution >= 4 is 23.7 Å². The quantitative estimate of drug-likeness (QED) is 0.869. The van der Waals surface area contributed by atoms with Gasteiger partial charge in [0.15, 0.2) is 0 Å². The first-order valence-corrected chi connectivity index (χ1v) is 6.96. The molecule has 0 heterocycles. The molecule has 0 saturated heterocycles. The first-order valence-electron chi connectivity index (χ1n) is 6.15. The Morgan fingerprint density at radius 3 is 2.00 bits per heavy atom. The van der Waals surface area contributed by atoms with E-state index in [1.54, 1.807) is 6.07 Å².